The first kappa shape index (κ1) is 23.3. The Morgan fingerprint density at radius 2 is 1.71 bits per heavy atom. The summed E-state index contributed by atoms with van der Waals surface area (Å²) >= 11 is 0. The summed E-state index contributed by atoms with van der Waals surface area (Å²) in [6.45, 7) is -0.479. The molecule has 0 aromatic carbocycles. The van der Waals surface area contributed by atoms with Crippen LogP contribution in [0.3, 0.4) is 0 Å². The molecule has 1 saturated heterocycles. The van der Waals surface area contributed by atoms with Gasteiger partial charge in [0.1, 0.15) is 48.8 Å². The molecule has 28 heavy (non-hydrogen) atoms. The normalized spacial score (nSPS) is 45.5. The van der Waals surface area contributed by atoms with E-state index in [0.717, 1.165) is 0 Å². The third-order valence-electron chi connectivity index (χ3n) is 5.09. The molecule has 13 heteroatoms. The van der Waals surface area contributed by atoms with E-state index in [1.165, 1.54) is 0 Å². The van der Waals surface area contributed by atoms with Crippen LogP contribution in [-0.2, 0) is 14.3 Å². The zero-order valence-corrected chi connectivity index (χ0v) is 15.1. The Hall–Kier alpha value is -0.970. The van der Waals surface area contributed by atoms with Gasteiger partial charge in [-0.05, 0) is 6.42 Å². The lowest BCUT2D eigenvalue weighted by atomic mass is 9.84. The lowest BCUT2D eigenvalue weighted by Gasteiger charge is -2.46. The second-order valence-electron chi connectivity index (χ2n) is 7.10. The fraction of sp³-hybridized carbons (Fsp3) is 0.933. The first-order chi connectivity index (χ1) is 13.1. The number of nitrogens with one attached hydrogen (secondary N) is 1. The molecular formula is C15H30N4O9. The lowest BCUT2D eigenvalue weighted by molar-refractivity contribution is -0.318. The summed E-state index contributed by atoms with van der Waals surface area (Å²) in [5.74, 6) is -0.820. The molecule has 2 aliphatic rings. The van der Waals surface area contributed by atoms with Crippen molar-refractivity contribution in [2.75, 3.05) is 13.1 Å². The van der Waals surface area contributed by atoms with E-state index >= 15 is 0 Å². The minimum absolute atomic E-state index is 0.0275. The quantitative estimate of drug-likeness (QED) is 0.196. The van der Waals surface area contributed by atoms with E-state index in [1.807, 2.05) is 0 Å². The van der Waals surface area contributed by atoms with Crippen molar-refractivity contribution in [1.82, 2.24) is 5.32 Å². The molecule has 0 spiro atoms. The van der Waals surface area contributed by atoms with Crippen LogP contribution < -0.4 is 22.5 Å². The monoisotopic (exact) mass is 410 g/mol. The third-order valence-corrected chi connectivity index (χ3v) is 5.09. The summed E-state index contributed by atoms with van der Waals surface area (Å²) in [6.07, 6.45) is -13.0. The van der Waals surface area contributed by atoms with Gasteiger partial charge >= 0.3 is 0 Å². The number of rotatable bonds is 6. The van der Waals surface area contributed by atoms with Gasteiger partial charge in [0, 0.05) is 19.1 Å². The second-order valence-corrected chi connectivity index (χ2v) is 7.10. The molecule has 1 saturated carbocycles. The maximum atomic E-state index is 11.8. The molecule has 1 aliphatic heterocycles. The highest BCUT2D eigenvalue weighted by atomic mass is 16.7. The Morgan fingerprint density at radius 1 is 1.07 bits per heavy atom. The highest BCUT2D eigenvalue weighted by Gasteiger charge is 2.49. The SMILES string of the molecule is NC[C@H](O)C(=O)N[C@@H]1C[C@H](N)[C@@H](O[C@H]2O[C@H](CN)[C@@H](O)[C@H](O)[C@H]2O)[C@H](O)[C@H]1O. The van der Waals surface area contributed by atoms with Gasteiger partial charge < -0.3 is 62.6 Å². The zero-order valence-electron chi connectivity index (χ0n) is 15.1. The van der Waals surface area contributed by atoms with Gasteiger partial charge in [0.25, 0.3) is 0 Å². The molecule has 0 radical (unpaired) electrons. The summed E-state index contributed by atoms with van der Waals surface area (Å²) in [7, 11) is 0. The van der Waals surface area contributed by atoms with Gasteiger partial charge in [-0.25, -0.2) is 0 Å². The van der Waals surface area contributed by atoms with Crippen molar-refractivity contribution >= 4 is 5.91 Å². The molecule has 0 aromatic heterocycles. The van der Waals surface area contributed by atoms with E-state index in [1.54, 1.807) is 0 Å². The molecule has 1 heterocycles. The predicted octanol–water partition coefficient (Wildman–Crippen LogP) is -6.60. The molecule has 2 rings (SSSR count). The van der Waals surface area contributed by atoms with E-state index in [-0.39, 0.29) is 19.5 Å². The summed E-state index contributed by atoms with van der Waals surface area (Å²) in [6, 6.07) is -1.88. The van der Waals surface area contributed by atoms with Gasteiger partial charge in [0.15, 0.2) is 6.29 Å². The van der Waals surface area contributed by atoms with Crippen molar-refractivity contribution in [2.24, 2.45) is 17.2 Å². The number of carbonyl (C=O) groups excluding carboxylic acids is 1. The molecule has 1 aliphatic carbocycles. The molecule has 164 valence electrons. The summed E-state index contributed by atoms with van der Waals surface area (Å²) in [4.78, 5) is 11.8. The highest BCUT2D eigenvalue weighted by Crippen LogP contribution is 2.28. The minimum atomic E-state index is -1.65. The van der Waals surface area contributed by atoms with Gasteiger partial charge in [-0.1, -0.05) is 0 Å². The predicted molar refractivity (Wildman–Crippen MR) is 92.2 cm³/mol. The second kappa shape index (κ2) is 9.69. The van der Waals surface area contributed by atoms with Crippen LogP contribution in [0.25, 0.3) is 0 Å². The number of hydrogen-bond donors (Lipinski definition) is 10. The van der Waals surface area contributed by atoms with E-state index in [0.29, 0.717) is 0 Å². The lowest BCUT2D eigenvalue weighted by Crippen LogP contribution is -2.67. The van der Waals surface area contributed by atoms with E-state index in [2.05, 4.69) is 5.32 Å². The van der Waals surface area contributed by atoms with Crippen LogP contribution in [0, 0.1) is 0 Å². The van der Waals surface area contributed by atoms with Crippen LogP contribution in [0.2, 0.25) is 0 Å². The van der Waals surface area contributed by atoms with Crippen LogP contribution in [0.4, 0.5) is 0 Å². The van der Waals surface area contributed by atoms with Crippen molar-refractivity contribution in [3.05, 3.63) is 0 Å². The molecule has 13 nitrogen and oxygen atoms in total. The Bertz CT molecular complexity index is 528. The largest absolute Gasteiger partial charge is 0.388 e. The highest BCUT2D eigenvalue weighted by molar-refractivity contribution is 5.81. The molecule has 1 amide bonds. The number of aliphatic hydroxyl groups is 6. The number of amides is 1. The average molecular weight is 410 g/mol. The summed E-state index contributed by atoms with van der Waals surface area (Å²) in [5.41, 5.74) is 16.6. The first-order valence-electron chi connectivity index (χ1n) is 8.97. The van der Waals surface area contributed by atoms with Crippen molar-refractivity contribution in [2.45, 2.75) is 73.6 Å². The molecular weight excluding hydrogens is 380 g/mol. The molecule has 0 aromatic rings. The van der Waals surface area contributed by atoms with E-state index in [9.17, 15) is 35.4 Å². The number of ether oxygens (including phenoxy) is 2. The first-order valence-corrected chi connectivity index (χ1v) is 8.97. The topological polar surface area (TPSA) is 247 Å². The van der Waals surface area contributed by atoms with Crippen molar-refractivity contribution in [1.29, 1.82) is 0 Å². The number of carbonyl (C=O) groups is 1. The molecule has 2 fully saturated rings. The van der Waals surface area contributed by atoms with Gasteiger partial charge in [-0.15, -0.1) is 0 Å². The molecule has 0 unspecified atom stereocenters. The van der Waals surface area contributed by atoms with E-state index in [4.69, 9.17) is 26.7 Å². The Balaban J connectivity index is 2.04. The fourth-order valence-corrected chi connectivity index (χ4v) is 3.34. The number of hydrogen-bond acceptors (Lipinski definition) is 12. The van der Waals surface area contributed by atoms with Gasteiger partial charge in [0.2, 0.25) is 5.91 Å². The molecule has 0 bridgehead atoms. The number of aliphatic hydroxyl groups excluding tert-OH is 6. The number of nitrogens with two attached hydrogens (primary N) is 3. The third kappa shape index (κ3) is 4.77. The van der Waals surface area contributed by atoms with Crippen LogP contribution >= 0.6 is 0 Å². The maximum absolute atomic E-state index is 11.8. The Morgan fingerprint density at radius 3 is 2.29 bits per heavy atom. The minimum Gasteiger partial charge on any atom is -0.388 e. The maximum Gasteiger partial charge on any atom is 0.250 e. The van der Waals surface area contributed by atoms with Gasteiger partial charge in [-0.2, -0.15) is 0 Å². The van der Waals surface area contributed by atoms with Crippen LogP contribution in [0.15, 0.2) is 0 Å². The average Bonchev–Trinajstić information content (AvgIpc) is 2.68. The molecule has 13 N–H and O–H groups in total. The standard InChI is InChI=1S/C15H30N4O9/c16-2-6(20)14(26)19-5-1-4(18)13(11(24)8(5)21)28-15-12(25)10(23)9(22)7(3-17)27-15/h4-13,15,20-25H,1-3,16-18H2,(H,19,26)/t4-,5+,6-,7+,8-,9+,10-,11+,12+,13+,15+/m0/s1. The fourth-order valence-electron chi connectivity index (χ4n) is 3.34. The van der Waals surface area contributed by atoms with Crippen LogP contribution in [0.1, 0.15) is 6.42 Å². The zero-order chi connectivity index (χ0) is 21.2. The van der Waals surface area contributed by atoms with E-state index < -0.39 is 73.1 Å². The smallest absolute Gasteiger partial charge is 0.250 e. The van der Waals surface area contributed by atoms with Crippen molar-refractivity contribution in [3.8, 4) is 0 Å². The summed E-state index contributed by atoms with van der Waals surface area (Å²) in [5, 5.41) is 62.2. The van der Waals surface area contributed by atoms with Gasteiger partial charge in [0.05, 0.1) is 6.04 Å². The summed E-state index contributed by atoms with van der Waals surface area (Å²) < 4.78 is 10.8. The Labute approximate surface area is 161 Å². The van der Waals surface area contributed by atoms with Crippen LogP contribution in [0.5, 0.6) is 0 Å². The van der Waals surface area contributed by atoms with Gasteiger partial charge in [-0.3, -0.25) is 4.79 Å². The van der Waals surface area contributed by atoms with Crippen molar-refractivity contribution in [3.63, 3.8) is 0 Å². The van der Waals surface area contributed by atoms with Crippen molar-refractivity contribution < 1.29 is 44.9 Å². The molecule has 11 atom stereocenters. The van der Waals surface area contributed by atoms with Crippen LogP contribution in [-0.4, -0.2) is 117 Å². The Kier molecular flexibility index (Phi) is 8.06.